The van der Waals surface area contributed by atoms with Gasteiger partial charge < -0.3 is 9.64 Å². The molecule has 0 bridgehead atoms. The zero-order chi connectivity index (χ0) is 15.7. The first-order valence-corrected chi connectivity index (χ1v) is 7.66. The molecule has 0 radical (unpaired) electrons. The summed E-state index contributed by atoms with van der Waals surface area (Å²) in [5.41, 5.74) is 1.74. The van der Waals surface area contributed by atoms with Crippen molar-refractivity contribution in [2.24, 2.45) is 0 Å². The number of carbonyl (C=O) groups is 2. The molecular formula is C17H25NO3. The Hall–Kier alpha value is -1.84. The van der Waals surface area contributed by atoms with Crippen LogP contribution in [0.15, 0.2) is 24.3 Å². The van der Waals surface area contributed by atoms with E-state index in [1.807, 2.05) is 43.0 Å². The van der Waals surface area contributed by atoms with Crippen molar-refractivity contribution in [3.63, 3.8) is 0 Å². The van der Waals surface area contributed by atoms with Crippen molar-refractivity contribution in [3.05, 3.63) is 35.4 Å². The number of carbonyl (C=O) groups excluding carboxylic acids is 2. The second-order valence-corrected chi connectivity index (χ2v) is 4.79. The summed E-state index contributed by atoms with van der Waals surface area (Å²) in [7, 11) is 0. The molecule has 0 aliphatic rings. The number of esters is 1. The predicted octanol–water partition coefficient (Wildman–Crippen LogP) is 3.05. The summed E-state index contributed by atoms with van der Waals surface area (Å²) in [5, 5.41) is 0. The fraction of sp³-hybridized carbons (Fsp3) is 0.529. The summed E-state index contributed by atoms with van der Waals surface area (Å²) in [6, 6.07) is 7.63. The van der Waals surface area contributed by atoms with E-state index < -0.39 is 0 Å². The highest BCUT2D eigenvalue weighted by molar-refractivity contribution is 5.95. The van der Waals surface area contributed by atoms with Gasteiger partial charge in [-0.1, -0.05) is 18.2 Å². The van der Waals surface area contributed by atoms with Gasteiger partial charge in [0.15, 0.2) is 0 Å². The lowest BCUT2D eigenvalue weighted by atomic mass is 10.0. The fourth-order valence-electron chi connectivity index (χ4n) is 2.28. The van der Waals surface area contributed by atoms with Gasteiger partial charge in [-0.05, 0) is 45.2 Å². The molecule has 0 heterocycles. The first kappa shape index (κ1) is 17.2. The molecule has 0 aliphatic carbocycles. The Morgan fingerprint density at radius 3 is 2.38 bits per heavy atom. The third kappa shape index (κ3) is 5.21. The average molecular weight is 291 g/mol. The maximum absolute atomic E-state index is 12.5. The van der Waals surface area contributed by atoms with E-state index >= 15 is 0 Å². The number of amides is 1. The van der Waals surface area contributed by atoms with Gasteiger partial charge in [-0.2, -0.15) is 0 Å². The van der Waals surface area contributed by atoms with Crippen molar-refractivity contribution in [1.29, 1.82) is 0 Å². The van der Waals surface area contributed by atoms with Crippen molar-refractivity contribution in [2.75, 3.05) is 19.7 Å². The molecule has 0 spiro atoms. The normalized spacial score (nSPS) is 10.2. The zero-order valence-electron chi connectivity index (χ0n) is 13.2. The van der Waals surface area contributed by atoms with Gasteiger partial charge in [0.25, 0.3) is 5.91 Å². The standard InChI is InChI=1S/C17H25NO3/c1-4-18(5-2)17(20)15-12-8-7-10-14(15)11-9-13-16(19)21-6-3/h7-8,10,12H,4-6,9,11,13H2,1-3H3. The lowest BCUT2D eigenvalue weighted by Gasteiger charge is -2.20. The van der Waals surface area contributed by atoms with E-state index in [0.29, 0.717) is 39.0 Å². The number of nitrogens with zero attached hydrogens (tertiary/aromatic N) is 1. The molecule has 0 fully saturated rings. The van der Waals surface area contributed by atoms with Gasteiger partial charge in [0.2, 0.25) is 0 Å². The van der Waals surface area contributed by atoms with E-state index in [0.717, 1.165) is 11.1 Å². The van der Waals surface area contributed by atoms with Gasteiger partial charge in [0, 0.05) is 25.1 Å². The monoisotopic (exact) mass is 291 g/mol. The lowest BCUT2D eigenvalue weighted by molar-refractivity contribution is -0.143. The Morgan fingerprint density at radius 1 is 1.10 bits per heavy atom. The summed E-state index contributed by atoms with van der Waals surface area (Å²) < 4.78 is 4.92. The Balaban J connectivity index is 2.71. The SMILES string of the molecule is CCOC(=O)CCCc1ccccc1C(=O)N(CC)CC. The topological polar surface area (TPSA) is 46.6 Å². The summed E-state index contributed by atoms with van der Waals surface area (Å²) >= 11 is 0. The first-order valence-electron chi connectivity index (χ1n) is 7.66. The molecule has 0 N–H and O–H groups in total. The Kier molecular flexibility index (Phi) is 7.51. The van der Waals surface area contributed by atoms with E-state index in [4.69, 9.17) is 4.74 Å². The van der Waals surface area contributed by atoms with E-state index in [-0.39, 0.29) is 11.9 Å². The molecule has 0 aliphatic heterocycles. The molecule has 0 atom stereocenters. The van der Waals surface area contributed by atoms with Gasteiger partial charge >= 0.3 is 5.97 Å². The molecule has 1 aromatic rings. The minimum Gasteiger partial charge on any atom is -0.466 e. The highest BCUT2D eigenvalue weighted by Gasteiger charge is 2.16. The number of ether oxygens (including phenoxy) is 1. The van der Waals surface area contributed by atoms with Crippen LogP contribution in [0.1, 0.15) is 49.5 Å². The molecule has 0 unspecified atom stereocenters. The maximum atomic E-state index is 12.5. The Labute approximate surface area is 127 Å². The highest BCUT2D eigenvalue weighted by atomic mass is 16.5. The number of aryl methyl sites for hydroxylation is 1. The summed E-state index contributed by atoms with van der Waals surface area (Å²) in [6.07, 6.45) is 1.80. The van der Waals surface area contributed by atoms with Crippen molar-refractivity contribution < 1.29 is 14.3 Å². The van der Waals surface area contributed by atoms with Crippen LogP contribution in [0.25, 0.3) is 0 Å². The van der Waals surface area contributed by atoms with Gasteiger partial charge in [0.1, 0.15) is 0 Å². The van der Waals surface area contributed by atoms with Crippen LogP contribution in [0.2, 0.25) is 0 Å². The second-order valence-electron chi connectivity index (χ2n) is 4.79. The molecule has 1 rings (SSSR count). The summed E-state index contributed by atoms with van der Waals surface area (Å²) in [4.78, 5) is 25.6. The van der Waals surface area contributed by atoms with Crippen molar-refractivity contribution in [3.8, 4) is 0 Å². The van der Waals surface area contributed by atoms with Crippen molar-refractivity contribution in [2.45, 2.75) is 40.0 Å². The van der Waals surface area contributed by atoms with Crippen LogP contribution >= 0.6 is 0 Å². The van der Waals surface area contributed by atoms with E-state index in [1.54, 1.807) is 6.92 Å². The van der Waals surface area contributed by atoms with E-state index in [1.165, 1.54) is 0 Å². The van der Waals surface area contributed by atoms with E-state index in [9.17, 15) is 9.59 Å². The average Bonchev–Trinajstić information content (AvgIpc) is 2.49. The predicted molar refractivity (Wildman–Crippen MR) is 83.3 cm³/mol. The smallest absolute Gasteiger partial charge is 0.305 e. The minimum absolute atomic E-state index is 0.0618. The van der Waals surface area contributed by atoms with Gasteiger partial charge in [-0.25, -0.2) is 0 Å². The number of hydrogen-bond acceptors (Lipinski definition) is 3. The zero-order valence-corrected chi connectivity index (χ0v) is 13.2. The van der Waals surface area contributed by atoms with Gasteiger partial charge in [-0.15, -0.1) is 0 Å². The molecule has 0 aromatic heterocycles. The number of rotatable bonds is 8. The van der Waals surface area contributed by atoms with Crippen LogP contribution in [0.5, 0.6) is 0 Å². The van der Waals surface area contributed by atoms with Gasteiger partial charge in [0.05, 0.1) is 6.61 Å². The van der Waals surface area contributed by atoms with Crippen LogP contribution < -0.4 is 0 Å². The minimum atomic E-state index is -0.176. The van der Waals surface area contributed by atoms with Crippen LogP contribution in [0.4, 0.5) is 0 Å². The van der Waals surface area contributed by atoms with Crippen LogP contribution in [-0.2, 0) is 16.0 Å². The van der Waals surface area contributed by atoms with E-state index in [2.05, 4.69) is 0 Å². The number of benzene rings is 1. The second kappa shape index (κ2) is 9.16. The summed E-state index contributed by atoms with van der Waals surface area (Å²) in [5.74, 6) is -0.114. The molecular weight excluding hydrogens is 266 g/mol. The van der Waals surface area contributed by atoms with Crippen LogP contribution in [0.3, 0.4) is 0 Å². The maximum Gasteiger partial charge on any atom is 0.305 e. The molecule has 1 amide bonds. The Bertz CT molecular complexity index is 467. The molecule has 21 heavy (non-hydrogen) atoms. The van der Waals surface area contributed by atoms with Crippen molar-refractivity contribution >= 4 is 11.9 Å². The third-order valence-electron chi connectivity index (χ3n) is 3.43. The molecule has 1 aromatic carbocycles. The van der Waals surface area contributed by atoms with Crippen molar-refractivity contribution in [1.82, 2.24) is 4.90 Å². The Morgan fingerprint density at radius 2 is 1.76 bits per heavy atom. The summed E-state index contributed by atoms with van der Waals surface area (Å²) in [6.45, 7) is 7.57. The molecule has 4 heteroatoms. The lowest BCUT2D eigenvalue weighted by Crippen LogP contribution is -2.31. The fourth-order valence-corrected chi connectivity index (χ4v) is 2.28. The molecule has 0 saturated carbocycles. The molecule has 4 nitrogen and oxygen atoms in total. The third-order valence-corrected chi connectivity index (χ3v) is 3.43. The van der Waals surface area contributed by atoms with Gasteiger partial charge in [-0.3, -0.25) is 9.59 Å². The first-order chi connectivity index (χ1) is 10.1. The highest BCUT2D eigenvalue weighted by Crippen LogP contribution is 2.15. The largest absolute Gasteiger partial charge is 0.466 e. The molecule has 116 valence electrons. The molecule has 0 saturated heterocycles. The quantitative estimate of drug-likeness (QED) is 0.692. The van der Waals surface area contributed by atoms with Crippen LogP contribution in [0, 0.1) is 0 Å². The van der Waals surface area contributed by atoms with Crippen LogP contribution in [-0.4, -0.2) is 36.5 Å². The number of hydrogen-bond donors (Lipinski definition) is 0.